The Hall–Kier alpha value is -4.33. The van der Waals surface area contributed by atoms with Gasteiger partial charge >= 0.3 is 6.18 Å². The van der Waals surface area contributed by atoms with Crippen molar-refractivity contribution in [3.8, 4) is 17.1 Å². The molecule has 0 fully saturated rings. The molecule has 5 aromatic rings. The Kier molecular flexibility index (Phi) is 5.93. The van der Waals surface area contributed by atoms with Gasteiger partial charge in [0.1, 0.15) is 23.1 Å². The van der Waals surface area contributed by atoms with E-state index in [0.29, 0.717) is 21.7 Å². The molecular formula is C23H15ClF6N8. The van der Waals surface area contributed by atoms with Crippen LogP contribution >= 0.6 is 11.6 Å². The molecule has 3 aromatic heterocycles. The number of aromatic nitrogens is 6. The van der Waals surface area contributed by atoms with E-state index in [-0.39, 0.29) is 22.2 Å². The van der Waals surface area contributed by atoms with Crippen molar-refractivity contribution in [2.75, 3.05) is 11.5 Å². The second-order valence-corrected chi connectivity index (χ2v) is 8.65. The molecule has 0 aliphatic heterocycles. The molecule has 0 aliphatic carbocycles. The number of fused-ring (bicyclic) bond motifs is 1. The van der Waals surface area contributed by atoms with Gasteiger partial charge in [-0.25, -0.2) is 13.2 Å². The molecule has 38 heavy (non-hydrogen) atoms. The third-order valence-corrected chi connectivity index (χ3v) is 6.06. The maximum atomic E-state index is 14.4. The first-order valence-electron chi connectivity index (χ1n) is 10.7. The highest BCUT2D eigenvalue weighted by atomic mass is 35.5. The lowest BCUT2D eigenvalue weighted by molar-refractivity contribution is -0.143. The summed E-state index contributed by atoms with van der Waals surface area (Å²) in [5.41, 5.74) is 10.1. The van der Waals surface area contributed by atoms with Gasteiger partial charge in [-0.2, -0.15) is 38.0 Å². The lowest BCUT2D eigenvalue weighted by atomic mass is 10.1. The summed E-state index contributed by atoms with van der Waals surface area (Å²) >= 11 is 6.11. The molecular weight excluding hydrogens is 538 g/mol. The van der Waals surface area contributed by atoms with Gasteiger partial charge in [0.05, 0.1) is 23.0 Å². The number of halogens is 7. The molecule has 196 valence electrons. The molecule has 0 unspecified atom stereocenters. The smallest absolute Gasteiger partial charge is 0.383 e. The average Bonchev–Trinajstić information content (AvgIpc) is 3.39. The molecule has 0 saturated carbocycles. The van der Waals surface area contributed by atoms with Gasteiger partial charge in [0.25, 0.3) is 5.95 Å². The minimum Gasteiger partial charge on any atom is -0.383 e. The molecule has 0 radical (unpaired) electrons. The van der Waals surface area contributed by atoms with Crippen molar-refractivity contribution in [2.24, 2.45) is 7.05 Å². The number of benzene rings is 2. The van der Waals surface area contributed by atoms with Gasteiger partial charge in [0.2, 0.25) is 0 Å². The normalized spacial score (nSPS) is 12.0. The highest BCUT2D eigenvalue weighted by Gasteiger charge is 2.39. The van der Waals surface area contributed by atoms with Gasteiger partial charge in [-0.1, -0.05) is 11.6 Å². The lowest BCUT2D eigenvalue weighted by Gasteiger charge is -2.13. The number of nitrogens with two attached hydrogens (primary N) is 2. The largest absolute Gasteiger partial charge is 0.433 e. The quantitative estimate of drug-likeness (QED) is 0.238. The average molecular weight is 553 g/mol. The molecule has 4 N–H and O–H groups in total. The van der Waals surface area contributed by atoms with E-state index >= 15 is 0 Å². The van der Waals surface area contributed by atoms with Crippen molar-refractivity contribution < 1.29 is 26.3 Å². The molecule has 0 atom stereocenters. The Bertz CT molecular complexity index is 1700. The van der Waals surface area contributed by atoms with E-state index in [2.05, 4.69) is 20.2 Å². The number of aryl methyl sites for hydroxylation is 1. The summed E-state index contributed by atoms with van der Waals surface area (Å²) in [4.78, 5) is 8.19. The molecule has 5 rings (SSSR count). The number of anilines is 2. The first-order chi connectivity index (χ1) is 17.9. The van der Waals surface area contributed by atoms with Gasteiger partial charge in [0, 0.05) is 35.0 Å². The summed E-state index contributed by atoms with van der Waals surface area (Å²) in [6, 6.07) is 5.93. The Labute approximate surface area is 214 Å². The molecule has 8 nitrogen and oxygen atoms in total. The number of alkyl halides is 3. The fraction of sp³-hybridized carbons (Fsp3) is 0.130. The minimum absolute atomic E-state index is 0.0855. The van der Waals surface area contributed by atoms with Crippen LogP contribution in [0, 0.1) is 17.5 Å². The van der Waals surface area contributed by atoms with Gasteiger partial charge in [-0.15, -0.1) is 0 Å². The summed E-state index contributed by atoms with van der Waals surface area (Å²) in [7, 11) is 1.11. The van der Waals surface area contributed by atoms with Crippen LogP contribution in [-0.2, 0) is 19.6 Å². The predicted octanol–water partition coefficient (Wildman–Crippen LogP) is 5.06. The van der Waals surface area contributed by atoms with E-state index in [9.17, 15) is 26.3 Å². The van der Waals surface area contributed by atoms with Crippen LogP contribution in [0.5, 0.6) is 0 Å². The zero-order chi connectivity index (χ0) is 27.5. The van der Waals surface area contributed by atoms with Crippen LogP contribution in [-0.4, -0.2) is 29.5 Å². The van der Waals surface area contributed by atoms with Crippen molar-refractivity contribution in [1.82, 2.24) is 29.5 Å². The third kappa shape index (κ3) is 4.16. The van der Waals surface area contributed by atoms with Crippen LogP contribution in [0.25, 0.3) is 28.0 Å². The second-order valence-electron chi connectivity index (χ2n) is 8.22. The summed E-state index contributed by atoms with van der Waals surface area (Å²) in [6.45, 7) is 0. The van der Waals surface area contributed by atoms with Crippen LogP contribution in [0.1, 0.15) is 17.0 Å². The van der Waals surface area contributed by atoms with Gasteiger partial charge < -0.3 is 11.5 Å². The number of rotatable bonds is 4. The van der Waals surface area contributed by atoms with Crippen molar-refractivity contribution in [2.45, 2.75) is 12.6 Å². The Morgan fingerprint density at radius 2 is 1.63 bits per heavy atom. The third-order valence-electron chi connectivity index (χ3n) is 5.82. The van der Waals surface area contributed by atoms with Crippen LogP contribution in [0.15, 0.2) is 36.5 Å². The maximum Gasteiger partial charge on any atom is 0.433 e. The number of hydrogen-bond acceptors (Lipinski definition) is 6. The lowest BCUT2D eigenvalue weighted by Crippen LogP contribution is -2.15. The molecule has 2 aromatic carbocycles. The summed E-state index contributed by atoms with van der Waals surface area (Å²) in [6.07, 6.45) is -4.29. The highest BCUT2D eigenvalue weighted by molar-refractivity contribution is 6.31. The number of nitrogens with zero attached hydrogens (tertiary/aromatic N) is 6. The highest BCUT2D eigenvalue weighted by Crippen LogP contribution is 2.40. The zero-order valence-electron chi connectivity index (χ0n) is 19.2. The molecule has 0 aliphatic rings. The number of hydrogen-bond donors (Lipinski definition) is 2. The van der Waals surface area contributed by atoms with Gasteiger partial charge in [0.15, 0.2) is 11.6 Å². The van der Waals surface area contributed by atoms with Crippen LogP contribution in [0.3, 0.4) is 0 Å². The van der Waals surface area contributed by atoms with Crippen molar-refractivity contribution in [3.63, 3.8) is 0 Å². The monoisotopic (exact) mass is 552 g/mol. The van der Waals surface area contributed by atoms with Crippen molar-refractivity contribution >= 4 is 34.1 Å². The molecule has 15 heteroatoms. The van der Waals surface area contributed by atoms with E-state index in [1.54, 1.807) is 0 Å². The molecule has 0 saturated heterocycles. The Morgan fingerprint density at radius 3 is 2.29 bits per heavy atom. The summed E-state index contributed by atoms with van der Waals surface area (Å²) in [5.74, 6) is -4.63. The maximum absolute atomic E-state index is 14.4. The van der Waals surface area contributed by atoms with Crippen LogP contribution in [0.4, 0.5) is 38.0 Å². The van der Waals surface area contributed by atoms with Crippen molar-refractivity contribution in [3.05, 3.63) is 76.0 Å². The van der Waals surface area contributed by atoms with Crippen LogP contribution < -0.4 is 11.5 Å². The van der Waals surface area contributed by atoms with E-state index in [4.69, 9.17) is 23.1 Å². The summed E-state index contributed by atoms with van der Waals surface area (Å²) < 4.78 is 85.1. The molecule has 3 heterocycles. The SMILES string of the molecule is Cn1ncc(-c2c(N)nc(-n3nc(Cc4c(F)ccc(F)c4F)c4cc(Cl)ccc43)nc2N)c1C(F)(F)F. The second kappa shape index (κ2) is 8.90. The summed E-state index contributed by atoms with van der Waals surface area (Å²) in [5, 5.41) is 8.57. The van der Waals surface area contributed by atoms with Crippen molar-refractivity contribution in [1.29, 1.82) is 0 Å². The minimum atomic E-state index is -4.77. The fourth-order valence-electron chi connectivity index (χ4n) is 4.14. The predicted molar refractivity (Wildman–Crippen MR) is 127 cm³/mol. The van der Waals surface area contributed by atoms with Gasteiger partial charge in [-0.05, 0) is 30.3 Å². The molecule has 0 bridgehead atoms. The first-order valence-corrected chi connectivity index (χ1v) is 11.1. The molecule has 0 amide bonds. The van der Waals surface area contributed by atoms with Crippen LogP contribution in [0.2, 0.25) is 5.02 Å². The fourth-order valence-corrected chi connectivity index (χ4v) is 4.32. The standard InChI is InChI=1S/C23H15ClF6N8/c1-37-19(23(28,29)30)12(8-33-37)17-20(31)34-22(35-21(17)32)38-16-5-2-9(24)6-11(16)15(36-38)7-10-13(25)3-4-14(26)18(10)27/h2-6,8H,7H2,1H3,(H4,31,32,34,35). The topological polar surface area (TPSA) is 113 Å². The first kappa shape index (κ1) is 25.3. The Morgan fingerprint density at radius 1 is 0.974 bits per heavy atom. The van der Waals surface area contributed by atoms with Gasteiger partial charge in [-0.3, -0.25) is 4.68 Å². The van der Waals surface area contributed by atoms with E-state index < -0.39 is 58.5 Å². The van der Waals surface area contributed by atoms with E-state index in [1.165, 1.54) is 18.2 Å². The zero-order valence-corrected chi connectivity index (χ0v) is 19.9. The molecule has 0 spiro atoms. The number of nitrogen functional groups attached to an aromatic ring is 2. The Balaban J connectivity index is 1.67. The van der Waals surface area contributed by atoms with E-state index in [1.807, 2.05) is 0 Å². The van der Waals surface area contributed by atoms with E-state index in [0.717, 1.165) is 24.0 Å².